The normalized spacial score (nSPS) is 35.8. The van der Waals surface area contributed by atoms with Gasteiger partial charge in [-0.3, -0.25) is 9.59 Å². The molecule has 4 heteroatoms. The minimum atomic E-state index is -0.768. The summed E-state index contributed by atoms with van der Waals surface area (Å²) in [5, 5.41) is 2.82. The molecule has 4 nitrogen and oxygen atoms in total. The molecule has 0 bridgehead atoms. The van der Waals surface area contributed by atoms with Gasteiger partial charge in [0.1, 0.15) is 11.6 Å². The van der Waals surface area contributed by atoms with Crippen LogP contribution in [0.4, 0.5) is 0 Å². The van der Waals surface area contributed by atoms with Crippen molar-refractivity contribution in [3.63, 3.8) is 0 Å². The van der Waals surface area contributed by atoms with Crippen LogP contribution in [0.2, 0.25) is 0 Å². The van der Waals surface area contributed by atoms with Gasteiger partial charge in [0.15, 0.2) is 0 Å². The number of amides is 2. The number of nitrogens with zero attached hydrogens (tertiary/aromatic N) is 1. The van der Waals surface area contributed by atoms with Gasteiger partial charge in [0, 0.05) is 6.04 Å². The van der Waals surface area contributed by atoms with Gasteiger partial charge in [0.2, 0.25) is 11.8 Å². The van der Waals surface area contributed by atoms with Gasteiger partial charge in [-0.05, 0) is 39.5 Å². The summed E-state index contributed by atoms with van der Waals surface area (Å²) < 4.78 is 0. The second-order valence-corrected chi connectivity index (χ2v) is 6.69. The lowest BCUT2D eigenvalue weighted by Gasteiger charge is -2.46. The zero-order chi connectivity index (χ0) is 14.2. The standard InChI is InChI=1S/C15H26N2O2/c1-10-8-6-5-7-9-12(10)17-11(2)13(18)16-15(3,4)14(17)19/h10-12H,5-9H2,1-4H3,(H,16,18). The predicted molar refractivity (Wildman–Crippen MR) is 74.6 cm³/mol. The first kappa shape index (κ1) is 14.4. The van der Waals surface area contributed by atoms with Crippen LogP contribution in [0.5, 0.6) is 0 Å². The number of carbonyl (C=O) groups excluding carboxylic acids is 2. The molecule has 2 rings (SSSR count). The Morgan fingerprint density at radius 1 is 1.11 bits per heavy atom. The molecule has 19 heavy (non-hydrogen) atoms. The lowest BCUT2D eigenvalue weighted by atomic mass is 9.89. The average Bonchev–Trinajstić information content (AvgIpc) is 2.53. The molecule has 1 aliphatic heterocycles. The third-order valence-corrected chi connectivity index (χ3v) is 4.68. The van der Waals surface area contributed by atoms with Gasteiger partial charge in [-0.1, -0.05) is 26.2 Å². The van der Waals surface area contributed by atoms with Gasteiger partial charge >= 0.3 is 0 Å². The van der Waals surface area contributed by atoms with Gasteiger partial charge in [0.05, 0.1) is 0 Å². The summed E-state index contributed by atoms with van der Waals surface area (Å²) >= 11 is 0. The topological polar surface area (TPSA) is 49.4 Å². The van der Waals surface area contributed by atoms with Crippen molar-refractivity contribution in [1.82, 2.24) is 10.2 Å². The number of hydrogen-bond donors (Lipinski definition) is 1. The Kier molecular flexibility index (Phi) is 3.88. The van der Waals surface area contributed by atoms with E-state index in [1.807, 2.05) is 11.8 Å². The first-order valence-corrected chi connectivity index (χ1v) is 7.49. The number of rotatable bonds is 1. The van der Waals surface area contributed by atoms with E-state index in [2.05, 4.69) is 12.2 Å². The van der Waals surface area contributed by atoms with Gasteiger partial charge in [-0.2, -0.15) is 0 Å². The molecule has 1 saturated heterocycles. The molecule has 0 radical (unpaired) electrons. The number of piperazine rings is 1. The summed E-state index contributed by atoms with van der Waals surface area (Å²) in [5.74, 6) is 0.523. The van der Waals surface area contributed by atoms with E-state index in [9.17, 15) is 9.59 Å². The Morgan fingerprint density at radius 3 is 2.42 bits per heavy atom. The van der Waals surface area contributed by atoms with Crippen LogP contribution in [-0.2, 0) is 9.59 Å². The highest BCUT2D eigenvalue weighted by Gasteiger charge is 2.46. The zero-order valence-electron chi connectivity index (χ0n) is 12.5. The zero-order valence-corrected chi connectivity index (χ0v) is 12.5. The van der Waals surface area contributed by atoms with Crippen LogP contribution in [0.3, 0.4) is 0 Å². The van der Waals surface area contributed by atoms with Crippen molar-refractivity contribution in [2.24, 2.45) is 5.92 Å². The van der Waals surface area contributed by atoms with Crippen molar-refractivity contribution in [3.8, 4) is 0 Å². The molecule has 1 N–H and O–H groups in total. The molecule has 3 atom stereocenters. The minimum absolute atomic E-state index is 0.0268. The maximum absolute atomic E-state index is 12.7. The molecule has 0 aromatic carbocycles. The Labute approximate surface area is 115 Å². The molecule has 1 saturated carbocycles. The van der Waals surface area contributed by atoms with Crippen molar-refractivity contribution < 1.29 is 9.59 Å². The van der Waals surface area contributed by atoms with Crippen molar-refractivity contribution in [2.45, 2.75) is 77.4 Å². The highest BCUT2D eigenvalue weighted by Crippen LogP contribution is 2.31. The van der Waals surface area contributed by atoms with Crippen LogP contribution in [0, 0.1) is 5.92 Å². The Morgan fingerprint density at radius 2 is 1.74 bits per heavy atom. The number of nitrogens with one attached hydrogen (secondary N) is 1. The van der Waals surface area contributed by atoms with Crippen molar-refractivity contribution in [3.05, 3.63) is 0 Å². The van der Waals surface area contributed by atoms with Gasteiger partial charge in [-0.15, -0.1) is 0 Å². The molecular weight excluding hydrogens is 240 g/mol. The Hall–Kier alpha value is -1.06. The molecule has 1 heterocycles. The molecule has 0 spiro atoms. The number of hydrogen-bond acceptors (Lipinski definition) is 2. The maximum atomic E-state index is 12.7. The summed E-state index contributed by atoms with van der Waals surface area (Å²) in [6.07, 6.45) is 5.83. The highest BCUT2D eigenvalue weighted by atomic mass is 16.2. The molecule has 1 aliphatic carbocycles. The molecule has 2 amide bonds. The predicted octanol–water partition coefficient (Wildman–Crippen LogP) is 2.08. The second-order valence-electron chi connectivity index (χ2n) is 6.69. The average molecular weight is 266 g/mol. The fourth-order valence-electron chi connectivity index (χ4n) is 3.42. The van der Waals surface area contributed by atoms with Gasteiger partial charge in [0.25, 0.3) is 0 Å². The third-order valence-electron chi connectivity index (χ3n) is 4.68. The van der Waals surface area contributed by atoms with Crippen LogP contribution < -0.4 is 5.32 Å². The quantitative estimate of drug-likeness (QED) is 0.739. The van der Waals surface area contributed by atoms with Gasteiger partial charge < -0.3 is 10.2 Å². The van der Waals surface area contributed by atoms with E-state index in [0.717, 1.165) is 19.3 Å². The van der Waals surface area contributed by atoms with E-state index < -0.39 is 5.54 Å². The molecule has 0 aromatic heterocycles. The van der Waals surface area contributed by atoms with E-state index in [4.69, 9.17) is 0 Å². The molecular formula is C15H26N2O2. The van der Waals surface area contributed by atoms with Gasteiger partial charge in [-0.25, -0.2) is 0 Å². The van der Waals surface area contributed by atoms with Crippen molar-refractivity contribution in [2.75, 3.05) is 0 Å². The lowest BCUT2D eigenvalue weighted by Crippen LogP contribution is -2.69. The molecule has 108 valence electrons. The van der Waals surface area contributed by atoms with Crippen molar-refractivity contribution >= 4 is 11.8 Å². The largest absolute Gasteiger partial charge is 0.340 e. The van der Waals surface area contributed by atoms with Crippen molar-refractivity contribution in [1.29, 1.82) is 0 Å². The van der Waals surface area contributed by atoms with Crippen LogP contribution in [0.15, 0.2) is 0 Å². The van der Waals surface area contributed by atoms with Crippen LogP contribution in [-0.4, -0.2) is 34.3 Å². The van der Waals surface area contributed by atoms with Crippen LogP contribution in [0.25, 0.3) is 0 Å². The number of carbonyl (C=O) groups is 2. The van der Waals surface area contributed by atoms with Crippen LogP contribution in [0.1, 0.15) is 59.8 Å². The molecule has 2 fully saturated rings. The summed E-state index contributed by atoms with van der Waals surface area (Å²) in [7, 11) is 0. The first-order chi connectivity index (χ1) is 8.84. The fraction of sp³-hybridized carbons (Fsp3) is 0.867. The summed E-state index contributed by atoms with van der Waals surface area (Å²) in [6.45, 7) is 7.66. The second kappa shape index (κ2) is 5.14. The summed E-state index contributed by atoms with van der Waals surface area (Å²) in [4.78, 5) is 26.6. The smallest absolute Gasteiger partial charge is 0.248 e. The van der Waals surface area contributed by atoms with E-state index in [0.29, 0.717) is 5.92 Å². The molecule has 3 unspecified atom stereocenters. The lowest BCUT2D eigenvalue weighted by molar-refractivity contribution is -0.157. The van der Waals surface area contributed by atoms with E-state index >= 15 is 0 Å². The summed E-state index contributed by atoms with van der Waals surface area (Å²) in [6, 6.07) is -0.124. The Bertz CT molecular complexity index is 378. The molecule has 0 aromatic rings. The fourth-order valence-corrected chi connectivity index (χ4v) is 3.42. The maximum Gasteiger partial charge on any atom is 0.248 e. The third kappa shape index (κ3) is 2.63. The first-order valence-electron chi connectivity index (χ1n) is 7.49. The van der Waals surface area contributed by atoms with E-state index in [1.165, 1.54) is 12.8 Å². The highest BCUT2D eigenvalue weighted by molar-refractivity contribution is 5.99. The van der Waals surface area contributed by atoms with E-state index in [-0.39, 0.29) is 23.9 Å². The van der Waals surface area contributed by atoms with Crippen LogP contribution >= 0.6 is 0 Å². The Balaban J connectivity index is 2.28. The summed E-state index contributed by atoms with van der Waals surface area (Å²) in [5.41, 5.74) is -0.768. The SMILES string of the molecule is CC1CCCCCC1N1C(=O)C(C)(C)NC(=O)C1C. The van der Waals surface area contributed by atoms with E-state index in [1.54, 1.807) is 13.8 Å². The monoisotopic (exact) mass is 266 g/mol. The minimum Gasteiger partial charge on any atom is -0.340 e. The molecule has 2 aliphatic rings.